The van der Waals surface area contributed by atoms with Crippen LogP contribution in [0.4, 0.5) is 0 Å². The number of methoxy groups -OCH3 is 1. The molecule has 0 saturated carbocycles. The Morgan fingerprint density at radius 3 is 2.61 bits per heavy atom. The molecule has 2 N–H and O–H groups in total. The van der Waals surface area contributed by atoms with Crippen molar-refractivity contribution in [3.8, 4) is 11.1 Å². The topological polar surface area (TPSA) is 70.0 Å². The van der Waals surface area contributed by atoms with E-state index in [2.05, 4.69) is 0 Å². The van der Waals surface area contributed by atoms with Crippen LogP contribution in [0.1, 0.15) is 29.6 Å². The monoisotopic (exact) mass is 383 g/mol. The van der Waals surface area contributed by atoms with E-state index in [9.17, 15) is 15.0 Å². The van der Waals surface area contributed by atoms with Crippen molar-refractivity contribution in [3.05, 3.63) is 60.2 Å². The van der Waals surface area contributed by atoms with Crippen LogP contribution in [-0.4, -0.2) is 60.5 Å². The Morgan fingerprint density at radius 1 is 1.18 bits per heavy atom. The average Bonchev–Trinajstić information content (AvgIpc) is 2.75. The second-order valence-electron chi connectivity index (χ2n) is 7.56. The van der Waals surface area contributed by atoms with Crippen molar-refractivity contribution < 1.29 is 19.7 Å². The predicted molar refractivity (Wildman–Crippen MR) is 109 cm³/mol. The molecule has 0 bridgehead atoms. The lowest BCUT2D eigenvalue weighted by atomic mass is 9.74. The van der Waals surface area contributed by atoms with E-state index in [1.165, 1.54) is 0 Å². The van der Waals surface area contributed by atoms with Crippen LogP contribution in [0.3, 0.4) is 0 Å². The number of ether oxygens (including phenoxy) is 1. The normalized spacial score (nSPS) is 22.2. The van der Waals surface area contributed by atoms with Gasteiger partial charge in [-0.25, -0.2) is 0 Å². The number of likely N-dealkylation sites (tertiary alicyclic amines) is 1. The summed E-state index contributed by atoms with van der Waals surface area (Å²) in [4.78, 5) is 15.1. The Bertz CT molecular complexity index is 779. The SMILES string of the molecule is COCCC[C@@]1(CO)CN(C(=O)c2ccccc2-c2ccccc2)CC[C@H]1O. The molecule has 28 heavy (non-hydrogen) atoms. The number of nitrogens with zero attached hydrogens (tertiary/aromatic N) is 1. The molecule has 0 aromatic heterocycles. The molecule has 1 amide bonds. The molecule has 3 rings (SSSR count). The molecule has 0 spiro atoms. The van der Waals surface area contributed by atoms with Gasteiger partial charge < -0.3 is 19.8 Å². The quantitative estimate of drug-likeness (QED) is 0.721. The standard InChI is InChI=1S/C23H29NO4/c1-28-15-7-13-23(17-25)16-24(14-12-21(23)26)22(27)20-11-6-5-10-19(20)18-8-3-2-4-9-18/h2-6,8-11,21,25-26H,7,12-17H2,1H3/t21-,23+/m1/s1. The van der Waals surface area contributed by atoms with Crippen LogP contribution < -0.4 is 0 Å². The molecule has 1 fully saturated rings. The van der Waals surface area contributed by atoms with Crippen LogP contribution in [-0.2, 0) is 4.74 Å². The number of carbonyl (C=O) groups excluding carboxylic acids is 1. The summed E-state index contributed by atoms with van der Waals surface area (Å²) in [7, 11) is 1.64. The number of hydrogen-bond donors (Lipinski definition) is 2. The van der Waals surface area contributed by atoms with Crippen molar-refractivity contribution in [3.63, 3.8) is 0 Å². The van der Waals surface area contributed by atoms with Gasteiger partial charge in [0.2, 0.25) is 0 Å². The second-order valence-corrected chi connectivity index (χ2v) is 7.56. The van der Waals surface area contributed by atoms with Crippen LogP contribution >= 0.6 is 0 Å². The summed E-state index contributed by atoms with van der Waals surface area (Å²) in [6, 6.07) is 17.5. The molecule has 0 aliphatic carbocycles. The van der Waals surface area contributed by atoms with E-state index in [4.69, 9.17) is 4.74 Å². The highest BCUT2D eigenvalue weighted by Crippen LogP contribution is 2.36. The Kier molecular flexibility index (Phi) is 6.83. The van der Waals surface area contributed by atoms with Crippen molar-refractivity contribution in [1.29, 1.82) is 0 Å². The second kappa shape index (κ2) is 9.32. The van der Waals surface area contributed by atoms with Crippen LogP contribution in [0.5, 0.6) is 0 Å². The average molecular weight is 383 g/mol. The van der Waals surface area contributed by atoms with Gasteiger partial charge in [0.25, 0.3) is 5.91 Å². The summed E-state index contributed by atoms with van der Waals surface area (Å²) in [5, 5.41) is 20.7. The molecular weight excluding hydrogens is 354 g/mol. The molecule has 1 aliphatic heterocycles. The van der Waals surface area contributed by atoms with E-state index in [0.29, 0.717) is 38.1 Å². The maximum absolute atomic E-state index is 13.4. The summed E-state index contributed by atoms with van der Waals surface area (Å²) in [6.07, 6.45) is 1.19. The smallest absolute Gasteiger partial charge is 0.254 e. The zero-order valence-corrected chi connectivity index (χ0v) is 16.4. The van der Waals surface area contributed by atoms with E-state index >= 15 is 0 Å². The zero-order valence-electron chi connectivity index (χ0n) is 16.4. The summed E-state index contributed by atoms with van der Waals surface area (Å²) in [5.41, 5.74) is 1.84. The highest BCUT2D eigenvalue weighted by molar-refractivity contribution is 6.01. The van der Waals surface area contributed by atoms with Gasteiger partial charge in [-0.2, -0.15) is 0 Å². The van der Waals surface area contributed by atoms with Gasteiger partial charge in [-0.05, 0) is 36.5 Å². The molecule has 1 saturated heterocycles. The number of rotatable bonds is 7. The van der Waals surface area contributed by atoms with Crippen LogP contribution in [0.25, 0.3) is 11.1 Å². The first-order valence-corrected chi connectivity index (χ1v) is 9.83. The van der Waals surface area contributed by atoms with Crippen molar-refractivity contribution in [2.24, 2.45) is 5.41 Å². The first-order chi connectivity index (χ1) is 13.6. The summed E-state index contributed by atoms with van der Waals surface area (Å²) >= 11 is 0. The van der Waals surface area contributed by atoms with Crippen molar-refractivity contribution >= 4 is 5.91 Å². The van der Waals surface area contributed by atoms with Gasteiger partial charge in [0.1, 0.15) is 0 Å². The Morgan fingerprint density at radius 2 is 1.89 bits per heavy atom. The van der Waals surface area contributed by atoms with Crippen LogP contribution in [0.15, 0.2) is 54.6 Å². The van der Waals surface area contributed by atoms with Gasteiger partial charge in [-0.1, -0.05) is 48.5 Å². The molecule has 0 unspecified atom stereocenters. The fraction of sp³-hybridized carbons (Fsp3) is 0.435. The molecule has 2 aromatic carbocycles. The lowest BCUT2D eigenvalue weighted by Gasteiger charge is -2.45. The predicted octanol–water partition coefficient (Wildman–Crippen LogP) is 2.97. The molecule has 150 valence electrons. The van der Waals surface area contributed by atoms with Crippen molar-refractivity contribution in [1.82, 2.24) is 4.90 Å². The fourth-order valence-corrected chi connectivity index (χ4v) is 4.08. The van der Waals surface area contributed by atoms with E-state index in [0.717, 1.165) is 17.5 Å². The van der Waals surface area contributed by atoms with Gasteiger partial charge in [0.05, 0.1) is 12.7 Å². The molecular formula is C23H29NO4. The Balaban J connectivity index is 1.85. The summed E-state index contributed by atoms with van der Waals surface area (Å²) in [5.74, 6) is -0.0593. The van der Waals surface area contributed by atoms with E-state index in [1.54, 1.807) is 12.0 Å². The number of benzene rings is 2. The van der Waals surface area contributed by atoms with E-state index in [-0.39, 0.29) is 12.5 Å². The fourth-order valence-electron chi connectivity index (χ4n) is 4.08. The molecule has 2 atom stereocenters. The first kappa shape index (κ1) is 20.5. The van der Waals surface area contributed by atoms with Gasteiger partial charge in [0.15, 0.2) is 0 Å². The van der Waals surface area contributed by atoms with Crippen molar-refractivity contribution in [2.75, 3.05) is 33.4 Å². The molecule has 1 aliphatic rings. The third-order valence-corrected chi connectivity index (χ3v) is 5.75. The van der Waals surface area contributed by atoms with Crippen LogP contribution in [0.2, 0.25) is 0 Å². The number of amides is 1. The number of carbonyl (C=O) groups is 1. The maximum atomic E-state index is 13.4. The van der Waals surface area contributed by atoms with Gasteiger partial charge in [-0.15, -0.1) is 0 Å². The number of hydrogen-bond acceptors (Lipinski definition) is 4. The third kappa shape index (κ3) is 4.27. The molecule has 1 heterocycles. The molecule has 2 aromatic rings. The highest BCUT2D eigenvalue weighted by Gasteiger charge is 2.43. The van der Waals surface area contributed by atoms with E-state index < -0.39 is 11.5 Å². The lowest BCUT2D eigenvalue weighted by Crippen LogP contribution is -2.55. The minimum absolute atomic E-state index is 0.0593. The highest BCUT2D eigenvalue weighted by atomic mass is 16.5. The molecule has 0 radical (unpaired) electrons. The minimum atomic E-state index is -0.700. The summed E-state index contributed by atoms with van der Waals surface area (Å²) < 4.78 is 5.12. The van der Waals surface area contributed by atoms with Crippen LogP contribution in [0, 0.1) is 5.41 Å². The van der Waals surface area contributed by atoms with Gasteiger partial charge in [-0.3, -0.25) is 4.79 Å². The summed E-state index contributed by atoms with van der Waals surface area (Å²) in [6.45, 7) is 1.24. The zero-order chi connectivity index (χ0) is 20.0. The molecule has 5 nitrogen and oxygen atoms in total. The van der Waals surface area contributed by atoms with E-state index in [1.807, 2.05) is 54.6 Å². The maximum Gasteiger partial charge on any atom is 0.254 e. The number of aliphatic hydroxyl groups excluding tert-OH is 2. The number of piperidine rings is 1. The first-order valence-electron chi connectivity index (χ1n) is 9.83. The lowest BCUT2D eigenvalue weighted by molar-refractivity contribution is -0.0744. The molecule has 5 heteroatoms. The van der Waals surface area contributed by atoms with Gasteiger partial charge in [0, 0.05) is 37.8 Å². The largest absolute Gasteiger partial charge is 0.396 e. The Labute approximate surface area is 166 Å². The van der Waals surface area contributed by atoms with Crippen molar-refractivity contribution in [2.45, 2.75) is 25.4 Å². The Hall–Kier alpha value is -2.21. The third-order valence-electron chi connectivity index (χ3n) is 5.75. The van der Waals surface area contributed by atoms with Gasteiger partial charge >= 0.3 is 0 Å². The number of aliphatic hydroxyl groups is 2. The minimum Gasteiger partial charge on any atom is -0.396 e.